The molecule has 0 aromatic heterocycles. The van der Waals surface area contributed by atoms with Crippen molar-refractivity contribution in [3.63, 3.8) is 0 Å². The van der Waals surface area contributed by atoms with Crippen LogP contribution < -0.4 is 24.8 Å². The topological polar surface area (TPSA) is 64.1 Å². The molecular formula is C21H29ClIN3O3. The van der Waals surface area contributed by atoms with E-state index in [-0.39, 0.29) is 24.0 Å². The third-order valence-corrected chi connectivity index (χ3v) is 4.50. The molecule has 2 aromatic rings. The van der Waals surface area contributed by atoms with Crippen LogP contribution in [0.1, 0.15) is 18.1 Å². The van der Waals surface area contributed by atoms with E-state index in [1.54, 1.807) is 21.3 Å². The van der Waals surface area contributed by atoms with Gasteiger partial charge in [-0.25, -0.2) is 4.99 Å². The van der Waals surface area contributed by atoms with Crippen LogP contribution in [0.5, 0.6) is 17.2 Å². The number of halogens is 2. The number of hydrogen-bond acceptors (Lipinski definition) is 4. The van der Waals surface area contributed by atoms with Crippen molar-refractivity contribution in [3.8, 4) is 17.2 Å². The van der Waals surface area contributed by atoms with E-state index in [1.165, 1.54) is 0 Å². The van der Waals surface area contributed by atoms with Gasteiger partial charge in [-0.05, 0) is 42.7 Å². The molecule has 0 fully saturated rings. The highest BCUT2D eigenvalue weighted by Gasteiger charge is 2.13. The number of hydrogen-bond donors (Lipinski definition) is 2. The number of nitrogens with one attached hydrogen (secondary N) is 2. The SMILES string of the molecule is CCNC(=NCc1cc(OC)c(OC)c(OC)c1)NCCc1ccccc1Cl.I. The summed E-state index contributed by atoms with van der Waals surface area (Å²) in [5, 5.41) is 7.37. The van der Waals surface area contributed by atoms with Crippen LogP contribution in [0.3, 0.4) is 0 Å². The Labute approximate surface area is 195 Å². The van der Waals surface area contributed by atoms with Gasteiger partial charge in [0.1, 0.15) is 0 Å². The Morgan fingerprint density at radius 2 is 1.66 bits per heavy atom. The molecule has 0 unspecified atom stereocenters. The van der Waals surface area contributed by atoms with E-state index in [0.717, 1.165) is 41.6 Å². The summed E-state index contributed by atoms with van der Waals surface area (Å²) in [6.07, 6.45) is 0.814. The Hall–Kier alpha value is -1.87. The minimum atomic E-state index is 0. The molecular weight excluding hydrogens is 505 g/mol. The van der Waals surface area contributed by atoms with Crippen molar-refractivity contribution in [1.82, 2.24) is 10.6 Å². The van der Waals surface area contributed by atoms with Gasteiger partial charge in [-0.3, -0.25) is 0 Å². The van der Waals surface area contributed by atoms with Crippen molar-refractivity contribution in [3.05, 3.63) is 52.5 Å². The van der Waals surface area contributed by atoms with Crippen LogP contribution in [0.25, 0.3) is 0 Å². The molecule has 0 spiro atoms. The van der Waals surface area contributed by atoms with Crippen LogP contribution in [-0.2, 0) is 13.0 Å². The summed E-state index contributed by atoms with van der Waals surface area (Å²) < 4.78 is 16.2. The molecule has 0 radical (unpaired) electrons. The van der Waals surface area contributed by atoms with Gasteiger partial charge in [0.25, 0.3) is 0 Å². The Bertz CT molecular complexity index is 777. The standard InChI is InChI=1S/C21H28ClN3O3.HI/c1-5-23-21(24-11-10-16-8-6-7-9-17(16)22)25-14-15-12-18(26-2)20(28-4)19(13-15)27-3;/h6-9,12-13H,5,10-11,14H2,1-4H3,(H2,23,24,25);1H. The highest BCUT2D eigenvalue weighted by atomic mass is 127. The van der Waals surface area contributed by atoms with Gasteiger partial charge in [0.05, 0.1) is 27.9 Å². The lowest BCUT2D eigenvalue weighted by Gasteiger charge is -2.14. The largest absolute Gasteiger partial charge is 0.493 e. The second kappa shape index (κ2) is 13.4. The highest BCUT2D eigenvalue weighted by Crippen LogP contribution is 2.38. The predicted molar refractivity (Wildman–Crippen MR) is 129 cm³/mol. The number of ether oxygens (including phenoxy) is 3. The first-order valence-corrected chi connectivity index (χ1v) is 9.55. The van der Waals surface area contributed by atoms with Gasteiger partial charge in [0.15, 0.2) is 17.5 Å². The van der Waals surface area contributed by atoms with Gasteiger partial charge in [-0.2, -0.15) is 0 Å². The Balaban J connectivity index is 0.00000420. The summed E-state index contributed by atoms with van der Waals surface area (Å²) in [4.78, 5) is 4.65. The minimum absolute atomic E-state index is 0. The summed E-state index contributed by atoms with van der Waals surface area (Å²) in [6, 6.07) is 11.7. The van der Waals surface area contributed by atoms with Gasteiger partial charge in [-0.15, -0.1) is 24.0 Å². The molecule has 0 saturated heterocycles. The number of aliphatic imine (C=N–C) groups is 1. The Kier molecular flexibility index (Phi) is 11.6. The summed E-state index contributed by atoms with van der Waals surface area (Å²) in [6.45, 7) is 4.00. The quantitative estimate of drug-likeness (QED) is 0.286. The molecule has 2 rings (SSSR count). The third kappa shape index (κ3) is 7.47. The maximum absolute atomic E-state index is 6.22. The van der Waals surface area contributed by atoms with Crippen molar-refractivity contribution >= 4 is 41.5 Å². The lowest BCUT2D eigenvalue weighted by Crippen LogP contribution is -2.38. The fraction of sp³-hybridized carbons (Fsp3) is 0.381. The summed E-state index contributed by atoms with van der Waals surface area (Å²) in [5.41, 5.74) is 2.06. The van der Waals surface area contributed by atoms with Crippen LogP contribution in [-0.4, -0.2) is 40.4 Å². The zero-order valence-corrected chi connectivity index (χ0v) is 20.3. The smallest absolute Gasteiger partial charge is 0.203 e. The van der Waals surface area contributed by atoms with Crippen LogP contribution in [0, 0.1) is 0 Å². The molecule has 0 heterocycles. The van der Waals surface area contributed by atoms with E-state index in [2.05, 4.69) is 15.6 Å². The Morgan fingerprint density at radius 1 is 1.00 bits per heavy atom. The van der Waals surface area contributed by atoms with Crippen molar-refractivity contribution in [1.29, 1.82) is 0 Å². The van der Waals surface area contributed by atoms with E-state index in [9.17, 15) is 0 Å². The first-order valence-electron chi connectivity index (χ1n) is 9.17. The Morgan fingerprint density at radius 3 is 2.21 bits per heavy atom. The molecule has 2 aromatic carbocycles. The maximum atomic E-state index is 6.22. The van der Waals surface area contributed by atoms with E-state index < -0.39 is 0 Å². The number of rotatable bonds is 9. The van der Waals surface area contributed by atoms with E-state index in [0.29, 0.717) is 23.8 Å². The summed E-state index contributed by atoms with van der Waals surface area (Å²) in [7, 11) is 4.79. The molecule has 160 valence electrons. The van der Waals surface area contributed by atoms with Crippen molar-refractivity contribution in [2.45, 2.75) is 19.9 Å². The van der Waals surface area contributed by atoms with Crippen LogP contribution >= 0.6 is 35.6 Å². The summed E-state index contributed by atoms with van der Waals surface area (Å²) >= 11 is 6.22. The second-order valence-corrected chi connectivity index (χ2v) is 6.40. The molecule has 0 saturated carbocycles. The van der Waals surface area contributed by atoms with E-state index in [1.807, 2.05) is 43.3 Å². The maximum Gasteiger partial charge on any atom is 0.203 e. The first-order chi connectivity index (χ1) is 13.6. The molecule has 0 aliphatic carbocycles. The van der Waals surface area contributed by atoms with Crippen LogP contribution in [0.15, 0.2) is 41.4 Å². The average Bonchev–Trinajstić information content (AvgIpc) is 2.72. The molecule has 0 aliphatic rings. The molecule has 6 nitrogen and oxygen atoms in total. The molecule has 0 bridgehead atoms. The summed E-state index contributed by atoms with van der Waals surface area (Å²) in [5.74, 6) is 2.54. The lowest BCUT2D eigenvalue weighted by molar-refractivity contribution is 0.324. The molecule has 0 amide bonds. The van der Waals surface area contributed by atoms with E-state index in [4.69, 9.17) is 25.8 Å². The molecule has 2 N–H and O–H groups in total. The molecule has 0 atom stereocenters. The van der Waals surface area contributed by atoms with Gasteiger partial charge in [-0.1, -0.05) is 29.8 Å². The monoisotopic (exact) mass is 533 g/mol. The minimum Gasteiger partial charge on any atom is -0.493 e. The normalized spacial score (nSPS) is 10.7. The van der Waals surface area contributed by atoms with Crippen LogP contribution in [0.2, 0.25) is 5.02 Å². The lowest BCUT2D eigenvalue weighted by atomic mass is 10.1. The van der Waals surface area contributed by atoms with Gasteiger partial charge in [0.2, 0.25) is 5.75 Å². The average molecular weight is 534 g/mol. The van der Waals surface area contributed by atoms with Crippen molar-refractivity contribution in [2.24, 2.45) is 4.99 Å². The van der Waals surface area contributed by atoms with Gasteiger partial charge >= 0.3 is 0 Å². The van der Waals surface area contributed by atoms with Gasteiger partial charge in [0, 0.05) is 18.1 Å². The van der Waals surface area contributed by atoms with Crippen molar-refractivity contribution in [2.75, 3.05) is 34.4 Å². The number of methoxy groups -OCH3 is 3. The fourth-order valence-electron chi connectivity index (χ4n) is 2.76. The number of guanidine groups is 1. The highest BCUT2D eigenvalue weighted by molar-refractivity contribution is 14.0. The first kappa shape index (κ1) is 25.2. The van der Waals surface area contributed by atoms with E-state index >= 15 is 0 Å². The van der Waals surface area contributed by atoms with Gasteiger partial charge < -0.3 is 24.8 Å². The number of benzene rings is 2. The zero-order valence-electron chi connectivity index (χ0n) is 17.3. The third-order valence-electron chi connectivity index (χ3n) is 4.13. The zero-order chi connectivity index (χ0) is 20.4. The molecule has 29 heavy (non-hydrogen) atoms. The van der Waals surface area contributed by atoms with Crippen LogP contribution in [0.4, 0.5) is 0 Å². The molecule has 8 heteroatoms. The second-order valence-electron chi connectivity index (χ2n) is 6.00. The predicted octanol–water partition coefficient (Wildman–Crippen LogP) is 4.28. The number of nitrogens with zero attached hydrogens (tertiary/aromatic N) is 1. The fourth-order valence-corrected chi connectivity index (χ4v) is 2.99. The molecule has 0 aliphatic heterocycles. The van der Waals surface area contributed by atoms with Crippen molar-refractivity contribution < 1.29 is 14.2 Å².